The largest absolute Gasteiger partial charge is 0.392 e. The molecule has 0 heterocycles. The van der Waals surface area contributed by atoms with Crippen molar-refractivity contribution < 1.29 is 5.11 Å². The van der Waals surface area contributed by atoms with E-state index >= 15 is 0 Å². The molecule has 1 nitrogen and oxygen atoms in total. The minimum absolute atomic E-state index is 0.0644. The average Bonchev–Trinajstić information content (AvgIpc) is 2.42. The summed E-state index contributed by atoms with van der Waals surface area (Å²) in [7, 11) is 0. The van der Waals surface area contributed by atoms with Crippen molar-refractivity contribution in [3.05, 3.63) is 23.3 Å². The van der Waals surface area contributed by atoms with Gasteiger partial charge in [0.25, 0.3) is 0 Å². The lowest BCUT2D eigenvalue weighted by molar-refractivity contribution is 0.0245. The molecule has 1 heteroatoms. The Labute approximate surface area is 98.2 Å². The monoisotopic (exact) mass is 218 g/mol. The smallest absolute Gasteiger partial charge is 0.0671 e. The lowest BCUT2D eigenvalue weighted by atomic mass is 9.60. The molecule has 0 saturated heterocycles. The van der Waals surface area contributed by atoms with Crippen LogP contribution in [0.1, 0.15) is 46.5 Å². The molecule has 0 aromatic heterocycles. The Kier molecular flexibility index (Phi) is 1.86. The number of hydrogen-bond donors (Lipinski definition) is 1. The van der Waals surface area contributed by atoms with Crippen LogP contribution in [0.25, 0.3) is 0 Å². The summed E-state index contributed by atoms with van der Waals surface area (Å²) in [5.41, 5.74) is 4.56. The van der Waals surface area contributed by atoms with Gasteiger partial charge >= 0.3 is 0 Å². The number of fused-ring (bicyclic) bond motifs is 2. The third-order valence-corrected chi connectivity index (χ3v) is 5.76. The van der Waals surface area contributed by atoms with Crippen LogP contribution in [0.15, 0.2) is 23.3 Å². The molecule has 16 heavy (non-hydrogen) atoms. The van der Waals surface area contributed by atoms with E-state index in [1.54, 1.807) is 0 Å². The summed E-state index contributed by atoms with van der Waals surface area (Å²) in [6.45, 7) is 11.3. The van der Waals surface area contributed by atoms with Gasteiger partial charge in [0.15, 0.2) is 0 Å². The molecule has 0 aromatic carbocycles. The zero-order valence-electron chi connectivity index (χ0n) is 10.6. The number of aliphatic hydroxyl groups excluding tert-OH is 1. The summed E-state index contributed by atoms with van der Waals surface area (Å²) in [5, 5.41) is 10.3. The molecule has 4 bridgehead atoms. The maximum absolute atomic E-state index is 10.3. The Hall–Kier alpha value is -0.560. The highest BCUT2D eigenvalue weighted by molar-refractivity contribution is 5.49. The van der Waals surface area contributed by atoms with Gasteiger partial charge in [-0.1, -0.05) is 32.9 Å². The highest BCUT2D eigenvalue weighted by Gasteiger charge is 2.54. The first kappa shape index (κ1) is 10.6. The van der Waals surface area contributed by atoms with Crippen molar-refractivity contribution >= 4 is 0 Å². The molecule has 1 N–H and O–H groups in total. The number of rotatable bonds is 0. The molecule has 0 aromatic rings. The summed E-state index contributed by atoms with van der Waals surface area (Å²) in [6, 6.07) is 0. The molecule has 0 aliphatic heterocycles. The summed E-state index contributed by atoms with van der Waals surface area (Å²) >= 11 is 0. The molecular formula is C15H22O. The number of allylic oxidation sites excluding steroid dienone is 1. The Balaban J connectivity index is 2.20. The van der Waals surface area contributed by atoms with Crippen LogP contribution in [0.5, 0.6) is 0 Å². The van der Waals surface area contributed by atoms with Gasteiger partial charge in [-0.05, 0) is 48.2 Å². The topological polar surface area (TPSA) is 20.2 Å². The Morgan fingerprint density at radius 1 is 1.31 bits per heavy atom. The van der Waals surface area contributed by atoms with Crippen LogP contribution in [0.4, 0.5) is 0 Å². The van der Waals surface area contributed by atoms with E-state index in [-0.39, 0.29) is 16.9 Å². The normalized spacial score (nSPS) is 45.1. The van der Waals surface area contributed by atoms with E-state index in [1.165, 1.54) is 29.6 Å². The molecule has 88 valence electrons. The minimum atomic E-state index is -0.159. The van der Waals surface area contributed by atoms with Crippen molar-refractivity contribution in [1.29, 1.82) is 0 Å². The third kappa shape index (κ3) is 1.01. The van der Waals surface area contributed by atoms with E-state index in [2.05, 4.69) is 27.4 Å². The molecule has 4 aliphatic carbocycles. The van der Waals surface area contributed by atoms with Crippen LogP contribution in [0.3, 0.4) is 0 Å². The van der Waals surface area contributed by atoms with Crippen LogP contribution >= 0.6 is 0 Å². The molecular weight excluding hydrogens is 196 g/mol. The van der Waals surface area contributed by atoms with Crippen molar-refractivity contribution in [2.75, 3.05) is 0 Å². The highest BCUT2D eigenvalue weighted by atomic mass is 16.3. The van der Waals surface area contributed by atoms with Crippen LogP contribution in [0.2, 0.25) is 0 Å². The number of aliphatic hydroxyl groups is 1. The van der Waals surface area contributed by atoms with E-state index in [4.69, 9.17) is 0 Å². The van der Waals surface area contributed by atoms with Gasteiger partial charge in [-0.2, -0.15) is 0 Å². The Morgan fingerprint density at radius 3 is 2.69 bits per heavy atom. The van der Waals surface area contributed by atoms with Gasteiger partial charge in [0.1, 0.15) is 0 Å². The van der Waals surface area contributed by atoms with Gasteiger partial charge in [-0.15, -0.1) is 0 Å². The fourth-order valence-corrected chi connectivity index (χ4v) is 4.27. The molecule has 0 spiro atoms. The zero-order chi connectivity index (χ0) is 11.7. The van der Waals surface area contributed by atoms with Gasteiger partial charge in [0, 0.05) is 5.41 Å². The number of hydrogen-bond acceptors (Lipinski definition) is 1. The van der Waals surface area contributed by atoms with Crippen LogP contribution in [-0.2, 0) is 0 Å². The quantitative estimate of drug-likeness (QED) is 0.660. The molecule has 0 radical (unpaired) electrons. The summed E-state index contributed by atoms with van der Waals surface area (Å²) in [5.74, 6) is 0.696. The first-order valence-corrected chi connectivity index (χ1v) is 6.47. The van der Waals surface area contributed by atoms with E-state index in [9.17, 15) is 5.11 Å². The van der Waals surface area contributed by atoms with Crippen molar-refractivity contribution in [2.24, 2.45) is 16.7 Å². The average molecular weight is 218 g/mol. The second-order valence-electron chi connectivity index (χ2n) is 6.73. The second kappa shape index (κ2) is 2.81. The summed E-state index contributed by atoms with van der Waals surface area (Å²) in [4.78, 5) is 0. The van der Waals surface area contributed by atoms with Crippen molar-refractivity contribution in [2.45, 2.75) is 52.6 Å². The van der Waals surface area contributed by atoms with Crippen molar-refractivity contribution in [1.82, 2.24) is 0 Å². The molecule has 1 fully saturated rings. The zero-order valence-corrected chi connectivity index (χ0v) is 10.6. The molecule has 3 atom stereocenters. The fourth-order valence-electron chi connectivity index (χ4n) is 4.27. The molecule has 4 aliphatic rings. The van der Waals surface area contributed by atoms with Crippen LogP contribution in [0, 0.1) is 16.7 Å². The van der Waals surface area contributed by atoms with E-state index in [0.717, 1.165) is 12.8 Å². The van der Waals surface area contributed by atoms with E-state index < -0.39 is 0 Å². The van der Waals surface area contributed by atoms with Gasteiger partial charge in [-0.25, -0.2) is 0 Å². The van der Waals surface area contributed by atoms with E-state index in [0.29, 0.717) is 5.92 Å². The first-order valence-electron chi connectivity index (χ1n) is 6.47. The van der Waals surface area contributed by atoms with Gasteiger partial charge < -0.3 is 5.11 Å². The third-order valence-electron chi connectivity index (χ3n) is 5.76. The molecule has 1 saturated carbocycles. The maximum atomic E-state index is 10.3. The highest BCUT2D eigenvalue weighted by Crippen LogP contribution is 2.63. The first-order chi connectivity index (χ1) is 7.37. The molecule has 0 unspecified atom stereocenters. The van der Waals surface area contributed by atoms with Crippen LogP contribution in [-0.4, -0.2) is 11.2 Å². The van der Waals surface area contributed by atoms with Gasteiger partial charge in [-0.3, -0.25) is 0 Å². The Morgan fingerprint density at radius 2 is 2.00 bits per heavy atom. The SMILES string of the molecule is C=C1C2=C3CC[C@@H](C[C@@]3(C)[C@H](O)C2)C1(C)C. The van der Waals surface area contributed by atoms with Crippen LogP contribution < -0.4 is 0 Å². The maximum Gasteiger partial charge on any atom is 0.0671 e. The lowest BCUT2D eigenvalue weighted by Gasteiger charge is -2.45. The summed E-state index contributed by atoms with van der Waals surface area (Å²) < 4.78 is 0. The van der Waals surface area contributed by atoms with E-state index in [1.807, 2.05) is 0 Å². The minimum Gasteiger partial charge on any atom is -0.392 e. The fraction of sp³-hybridized carbons (Fsp3) is 0.733. The standard InChI is InChI=1S/C15H22O/c1-9-11-7-13(16)15(4)8-10(14(9,2)3)5-6-12(11)15/h10,13,16H,1,5-8H2,2-4H3/t10-,13+,15+/m0/s1. The molecule has 4 rings (SSSR count). The summed E-state index contributed by atoms with van der Waals surface area (Å²) in [6.07, 6.45) is 4.32. The molecule has 0 amide bonds. The second-order valence-corrected chi connectivity index (χ2v) is 6.73. The predicted molar refractivity (Wildman–Crippen MR) is 66.0 cm³/mol. The Bertz CT molecular complexity index is 402. The van der Waals surface area contributed by atoms with Gasteiger partial charge in [0.2, 0.25) is 0 Å². The van der Waals surface area contributed by atoms with Crippen molar-refractivity contribution in [3.8, 4) is 0 Å². The lowest BCUT2D eigenvalue weighted by Crippen LogP contribution is -2.39. The van der Waals surface area contributed by atoms with Gasteiger partial charge in [0.05, 0.1) is 6.10 Å². The predicted octanol–water partition coefficient (Wildman–Crippen LogP) is 3.45. The van der Waals surface area contributed by atoms with Crippen molar-refractivity contribution in [3.63, 3.8) is 0 Å².